The molecule has 3 N–H and O–H groups in total. The Bertz CT molecular complexity index is 1450. The second-order valence-corrected chi connectivity index (χ2v) is 10.9. The zero-order valence-electron chi connectivity index (χ0n) is 22.8. The SMILES string of the molecule is CN(C)CCCC(=O)N(C)c1ccc(N/C(=C2\C(=O)Nc3cc(Br)ccc32)c2cccc(CCC(=O)O)c2)cc1. The number of nitrogens with one attached hydrogen (secondary N) is 2. The molecule has 8 nitrogen and oxygen atoms in total. The summed E-state index contributed by atoms with van der Waals surface area (Å²) in [6.45, 7) is 0.852. The van der Waals surface area contributed by atoms with E-state index in [2.05, 4.69) is 31.5 Å². The largest absolute Gasteiger partial charge is 0.481 e. The molecule has 0 fully saturated rings. The number of carbonyl (C=O) groups excluding carboxylic acids is 2. The molecule has 0 radical (unpaired) electrons. The number of halogens is 1. The molecule has 0 bridgehead atoms. The number of rotatable bonds is 11. The summed E-state index contributed by atoms with van der Waals surface area (Å²) in [5, 5.41) is 15.5. The van der Waals surface area contributed by atoms with E-state index in [1.165, 1.54) is 0 Å². The number of anilines is 3. The van der Waals surface area contributed by atoms with Gasteiger partial charge in [-0.3, -0.25) is 14.4 Å². The number of hydrogen-bond acceptors (Lipinski definition) is 5. The van der Waals surface area contributed by atoms with Gasteiger partial charge in [0.1, 0.15) is 0 Å². The van der Waals surface area contributed by atoms with Crippen LogP contribution in [0, 0.1) is 0 Å². The van der Waals surface area contributed by atoms with Gasteiger partial charge in [0.05, 0.1) is 17.0 Å². The molecule has 4 rings (SSSR count). The second kappa shape index (κ2) is 12.9. The van der Waals surface area contributed by atoms with E-state index in [1.807, 2.05) is 80.8 Å². The zero-order chi connectivity index (χ0) is 28.8. The third-order valence-corrected chi connectivity index (χ3v) is 7.21. The van der Waals surface area contributed by atoms with E-state index >= 15 is 0 Å². The van der Waals surface area contributed by atoms with Gasteiger partial charge in [-0.25, -0.2) is 0 Å². The van der Waals surface area contributed by atoms with Gasteiger partial charge in [0.15, 0.2) is 0 Å². The standard InChI is InChI=1S/C31H33BrN4O4/c1-35(2)17-5-8-27(37)36(3)24-13-11-23(12-14-24)33-30(21-7-4-6-20(18-21)9-16-28(38)39)29-25-15-10-22(32)19-26(25)34-31(29)40/h4,6-7,10-15,18-19,33H,5,8-9,16-17H2,1-3H3,(H,34,40)(H,38,39)/b30-29-. The van der Waals surface area contributed by atoms with Crippen LogP contribution in [0.5, 0.6) is 0 Å². The summed E-state index contributed by atoms with van der Waals surface area (Å²) in [6, 6.07) is 20.7. The fourth-order valence-electron chi connectivity index (χ4n) is 4.58. The molecule has 208 valence electrons. The Morgan fingerprint density at radius 2 is 1.73 bits per heavy atom. The Morgan fingerprint density at radius 3 is 2.42 bits per heavy atom. The summed E-state index contributed by atoms with van der Waals surface area (Å²) in [5.41, 5.74) is 5.73. The van der Waals surface area contributed by atoms with Crippen LogP contribution in [0.4, 0.5) is 17.1 Å². The first-order valence-electron chi connectivity index (χ1n) is 13.1. The Labute approximate surface area is 242 Å². The molecule has 1 aliphatic heterocycles. The number of aliphatic carboxylic acids is 1. The van der Waals surface area contributed by atoms with Crippen molar-refractivity contribution in [1.82, 2.24) is 4.90 Å². The lowest BCUT2D eigenvalue weighted by Crippen LogP contribution is -2.27. The highest BCUT2D eigenvalue weighted by molar-refractivity contribution is 9.10. The van der Waals surface area contributed by atoms with Crippen LogP contribution >= 0.6 is 15.9 Å². The molecule has 3 aromatic carbocycles. The van der Waals surface area contributed by atoms with E-state index in [1.54, 1.807) is 11.9 Å². The van der Waals surface area contributed by atoms with Crippen molar-refractivity contribution in [3.63, 3.8) is 0 Å². The van der Waals surface area contributed by atoms with Crippen LogP contribution in [0.15, 0.2) is 71.2 Å². The van der Waals surface area contributed by atoms with E-state index in [0.717, 1.165) is 45.5 Å². The molecule has 0 saturated heterocycles. The minimum Gasteiger partial charge on any atom is -0.481 e. The zero-order valence-corrected chi connectivity index (χ0v) is 24.4. The van der Waals surface area contributed by atoms with Gasteiger partial charge in [0.25, 0.3) is 5.91 Å². The molecule has 0 aromatic heterocycles. The molecule has 0 saturated carbocycles. The van der Waals surface area contributed by atoms with Gasteiger partial charge in [0, 0.05) is 41.3 Å². The molecule has 2 amide bonds. The van der Waals surface area contributed by atoms with Gasteiger partial charge in [-0.15, -0.1) is 0 Å². The number of fused-ring (bicyclic) bond motifs is 1. The number of hydrogen-bond donors (Lipinski definition) is 3. The Morgan fingerprint density at radius 1 is 0.975 bits per heavy atom. The number of carbonyl (C=O) groups is 3. The first kappa shape index (κ1) is 29.0. The molecule has 3 aromatic rings. The number of aryl methyl sites for hydroxylation is 1. The van der Waals surface area contributed by atoms with Crippen LogP contribution in [-0.2, 0) is 20.8 Å². The van der Waals surface area contributed by atoms with Gasteiger partial charge in [-0.1, -0.05) is 40.2 Å². The van der Waals surface area contributed by atoms with Gasteiger partial charge in [-0.05, 0) is 87.1 Å². The summed E-state index contributed by atoms with van der Waals surface area (Å²) >= 11 is 3.47. The van der Waals surface area contributed by atoms with Crippen molar-refractivity contribution in [2.45, 2.75) is 25.7 Å². The van der Waals surface area contributed by atoms with Crippen LogP contribution in [-0.4, -0.2) is 55.5 Å². The van der Waals surface area contributed by atoms with Crippen molar-refractivity contribution in [3.05, 3.63) is 87.9 Å². The lowest BCUT2D eigenvalue weighted by atomic mass is 9.97. The first-order chi connectivity index (χ1) is 19.1. The molecule has 9 heteroatoms. The highest BCUT2D eigenvalue weighted by Gasteiger charge is 2.28. The number of amides is 2. The van der Waals surface area contributed by atoms with Crippen LogP contribution in [0.2, 0.25) is 0 Å². The molecule has 0 atom stereocenters. The van der Waals surface area contributed by atoms with Gasteiger partial charge in [0.2, 0.25) is 5.91 Å². The van der Waals surface area contributed by atoms with Crippen molar-refractivity contribution in [2.75, 3.05) is 43.2 Å². The molecule has 40 heavy (non-hydrogen) atoms. The van der Waals surface area contributed by atoms with Crippen LogP contribution < -0.4 is 15.5 Å². The van der Waals surface area contributed by atoms with E-state index in [9.17, 15) is 14.4 Å². The number of nitrogens with zero attached hydrogens (tertiary/aromatic N) is 2. The summed E-state index contributed by atoms with van der Waals surface area (Å²) < 4.78 is 0.856. The molecule has 0 unspecified atom stereocenters. The predicted octanol–water partition coefficient (Wildman–Crippen LogP) is 5.70. The van der Waals surface area contributed by atoms with Crippen LogP contribution in [0.25, 0.3) is 11.3 Å². The third-order valence-electron chi connectivity index (χ3n) is 6.71. The molecule has 1 heterocycles. The van der Waals surface area contributed by atoms with Crippen LogP contribution in [0.3, 0.4) is 0 Å². The number of carboxylic acid groups (broad SMARTS) is 1. The van der Waals surface area contributed by atoms with Gasteiger partial charge < -0.3 is 25.5 Å². The Hall–Kier alpha value is -3.95. The van der Waals surface area contributed by atoms with Gasteiger partial charge in [-0.2, -0.15) is 0 Å². The third kappa shape index (κ3) is 7.16. The average molecular weight is 606 g/mol. The minimum atomic E-state index is -0.863. The summed E-state index contributed by atoms with van der Waals surface area (Å²) in [5.74, 6) is -1.04. The highest BCUT2D eigenvalue weighted by Crippen LogP contribution is 2.39. The van der Waals surface area contributed by atoms with E-state index < -0.39 is 5.97 Å². The Balaban J connectivity index is 1.66. The monoisotopic (exact) mass is 604 g/mol. The second-order valence-electron chi connectivity index (χ2n) is 10.0. The van der Waals surface area contributed by atoms with Crippen molar-refractivity contribution in [1.29, 1.82) is 0 Å². The maximum absolute atomic E-state index is 13.2. The molecular weight excluding hydrogens is 572 g/mol. The van der Waals surface area contributed by atoms with Gasteiger partial charge >= 0.3 is 5.97 Å². The van der Waals surface area contributed by atoms with Crippen molar-refractivity contribution < 1.29 is 19.5 Å². The highest BCUT2D eigenvalue weighted by atomic mass is 79.9. The molecule has 0 aliphatic carbocycles. The number of carboxylic acids is 1. The van der Waals surface area contributed by atoms with Crippen molar-refractivity contribution >= 4 is 62.0 Å². The number of benzene rings is 3. The summed E-state index contributed by atoms with van der Waals surface area (Å²) in [6.07, 6.45) is 1.65. The average Bonchev–Trinajstić information content (AvgIpc) is 3.24. The van der Waals surface area contributed by atoms with Crippen LogP contribution in [0.1, 0.15) is 36.0 Å². The fraction of sp³-hybridized carbons (Fsp3) is 0.258. The molecule has 1 aliphatic rings. The van der Waals surface area contributed by atoms with E-state index in [0.29, 0.717) is 29.8 Å². The molecular formula is C31H33BrN4O4. The summed E-state index contributed by atoms with van der Waals surface area (Å²) in [7, 11) is 5.75. The smallest absolute Gasteiger partial charge is 0.303 e. The predicted molar refractivity (Wildman–Crippen MR) is 163 cm³/mol. The maximum Gasteiger partial charge on any atom is 0.303 e. The lowest BCUT2D eigenvalue weighted by molar-refractivity contribution is -0.137. The summed E-state index contributed by atoms with van der Waals surface area (Å²) in [4.78, 5) is 40.8. The van der Waals surface area contributed by atoms with E-state index in [-0.39, 0.29) is 18.2 Å². The maximum atomic E-state index is 13.2. The normalized spacial score (nSPS) is 13.6. The Kier molecular flexibility index (Phi) is 9.39. The topological polar surface area (TPSA) is 102 Å². The minimum absolute atomic E-state index is 0.0168. The lowest BCUT2D eigenvalue weighted by Gasteiger charge is -2.20. The quantitative estimate of drug-likeness (QED) is 0.243. The van der Waals surface area contributed by atoms with E-state index in [4.69, 9.17) is 5.11 Å². The first-order valence-corrected chi connectivity index (χ1v) is 13.9. The van der Waals surface area contributed by atoms with Crippen molar-refractivity contribution in [2.24, 2.45) is 0 Å². The van der Waals surface area contributed by atoms with Crippen molar-refractivity contribution in [3.8, 4) is 0 Å². The molecule has 0 spiro atoms. The fourth-order valence-corrected chi connectivity index (χ4v) is 4.94.